The van der Waals surface area contributed by atoms with E-state index in [1.165, 1.54) is 25.9 Å². The van der Waals surface area contributed by atoms with Gasteiger partial charge in [-0.25, -0.2) is 0 Å². The van der Waals surface area contributed by atoms with Crippen LogP contribution < -0.4 is 10.6 Å². The molecule has 2 heterocycles. The standard InChI is InChI=1S/C15H24N4S/c1-13-5-3-9-19(12-13)10-4-8-17-15(20)18-14-6-2-7-16-11-14/h2,6-7,11,13H,3-5,8-10,12H2,1H3,(H2,17,18,20)/t13-/m1/s1. The summed E-state index contributed by atoms with van der Waals surface area (Å²) in [5.74, 6) is 0.852. The molecule has 4 nitrogen and oxygen atoms in total. The number of rotatable bonds is 5. The Morgan fingerprint density at radius 2 is 2.45 bits per heavy atom. The number of hydrogen-bond acceptors (Lipinski definition) is 3. The summed E-state index contributed by atoms with van der Waals surface area (Å²) in [6.45, 7) is 6.92. The molecule has 1 fully saturated rings. The van der Waals surface area contributed by atoms with Crippen molar-refractivity contribution in [3.05, 3.63) is 24.5 Å². The first-order valence-electron chi connectivity index (χ1n) is 7.41. The highest BCUT2D eigenvalue weighted by molar-refractivity contribution is 7.80. The van der Waals surface area contributed by atoms with Crippen LogP contribution in [0, 0.1) is 5.92 Å². The Hall–Kier alpha value is -1.20. The summed E-state index contributed by atoms with van der Waals surface area (Å²) < 4.78 is 0. The predicted molar refractivity (Wildman–Crippen MR) is 87.9 cm³/mol. The minimum absolute atomic E-state index is 0.671. The van der Waals surface area contributed by atoms with E-state index in [-0.39, 0.29) is 0 Å². The van der Waals surface area contributed by atoms with Crippen molar-refractivity contribution in [2.75, 3.05) is 31.5 Å². The summed E-state index contributed by atoms with van der Waals surface area (Å²) in [5.41, 5.74) is 0.926. The van der Waals surface area contributed by atoms with Crippen LogP contribution in [0.4, 0.5) is 5.69 Å². The van der Waals surface area contributed by atoms with Gasteiger partial charge in [-0.05, 0) is 62.6 Å². The molecule has 1 atom stereocenters. The van der Waals surface area contributed by atoms with Crippen LogP contribution in [-0.2, 0) is 0 Å². The number of hydrogen-bond donors (Lipinski definition) is 2. The third-order valence-electron chi connectivity index (χ3n) is 3.60. The van der Waals surface area contributed by atoms with Gasteiger partial charge in [0.25, 0.3) is 0 Å². The molecule has 0 unspecified atom stereocenters. The first-order chi connectivity index (χ1) is 9.74. The Kier molecular flexibility index (Phi) is 6.21. The Balaban J connectivity index is 1.57. The van der Waals surface area contributed by atoms with Crippen molar-refractivity contribution in [3.63, 3.8) is 0 Å². The van der Waals surface area contributed by atoms with Gasteiger partial charge >= 0.3 is 0 Å². The fourth-order valence-electron chi connectivity index (χ4n) is 2.61. The van der Waals surface area contributed by atoms with Crippen molar-refractivity contribution in [1.82, 2.24) is 15.2 Å². The van der Waals surface area contributed by atoms with Gasteiger partial charge in [-0.15, -0.1) is 0 Å². The second-order valence-corrected chi connectivity index (χ2v) is 5.93. The molecule has 2 N–H and O–H groups in total. The van der Waals surface area contributed by atoms with Crippen molar-refractivity contribution in [2.45, 2.75) is 26.2 Å². The average Bonchev–Trinajstić information content (AvgIpc) is 2.45. The normalized spacial score (nSPS) is 19.6. The molecule has 0 saturated carbocycles. The van der Waals surface area contributed by atoms with Crippen molar-refractivity contribution in [3.8, 4) is 0 Å². The highest BCUT2D eigenvalue weighted by Crippen LogP contribution is 2.15. The summed E-state index contributed by atoms with van der Waals surface area (Å²) >= 11 is 5.26. The van der Waals surface area contributed by atoms with Gasteiger partial charge in [-0.1, -0.05) is 6.92 Å². The van der Waals surface area contributed by atoms with Gasteiger partial charge in [0.15, 0.2) is 5.11 Å². The van der Waals surface area contributed by atoms with Crippen LogP contribution >= 0.6 is 12.2 Å². The Bertz CT molecular complexity index is 410. The number of aromatic nitrogens is 1. The highest BCUT2D eigenvalue weighted by Gasteiger charge is 2.15. The molecule has 0 aromatic carbocycles. The number of anilines is 1. The summed E-state index contributed by atoms with van der Waals surface area (Å²) in [6, 6.07) is 3.85. The quantitative estimate of drug-likeness (QED) is 0.644. The van der Waals surface area contributed by atoms with E-state index in [9.17, 15) is 0 Å². The molecule has 1 aromatic heterocycles. The minimum Gasteiger partial charge on any atom is -0.362 e. The van der Waals surface area contributed by atoms with Crippen LogP contribution in [0.5, 0.6) is 0 Å². The second-order valence-electron chi connectivity index (χ2n) is 5.52. The third-order valence-corrected chi connectivity index (χ3v) is 3.84. The van der Waals surface area contributed by atoms with Crippen LogP contribution in [0.1, 0.15) is 26.2 Å². The summed E-state index contributed by atoms with van der Waals surface area (Å²) in [7, 11) is 0. The topological polar surface area (TPSA) is 40.2 Å². The van der Waals surface area contributed by atoms with Gasteiger partial charge in [0.2, 0.25) is 0 Å². The van der Waals surface area contributed by atoms with Crippen LogP contribution in [0.3, 0.4) is 0 Å². The zero-order valence-electron chi connectivity index (χ0n) is 12.1. The first kappa shape index (κ1) is 15.2. The van der Waals surface area contributed by atoms with Crippen LogP contribution in [0.15, 0.2) is 24.5 Å². The first-order valence-corrected chi connectivity index (χ1v) is 7.82. The number of thiocarbonyl (C=S) groups is 1. The van der Waals surface area contributed by atoms with E-state index in [0.717, 1.165) is 31.1 Å². The van der Waals surface area contributed by atoms with Crippen molar-refractivity contribution in [2.24, 2.45) is 5.92 Å². The lowest BCUT2D eigenvalue weighted by atomic mass is 10.0. The van der Waals surface area contributed by atoms with Crippen LogP contribution in [0.25, 0.3) is 0 Å². The number of likely N-dealkylation sites (tertiary alicyclic amines) is 1. The smallest absolute Gasteiger partial charge is 0.170 e. The third kappa shape index (κ3) is 5.43. The molecule has 0 bridgehead atoms. The molecule has 0 radical (unpaired) electrons. The van der Waals surface area contributed by atoms with Crippen LogP contribution in [-0.4, -0.2) is 41.2 Å². The molecule has 1 aliphatic heterocycles. The molecule has 0 aliphatic carbocycles. The molecular formula is C15H24N4S. The van der Waals surface area contributed by atoms with Crippen LogP contribution in [0.2, 0.25) is 0 Å². The molecule has 0 amide bonds. The SMILES string of the molecule is C[C@@H]1CCCN(CCCNC(=S)Nc2cccnc2)C1. The monoisotopic (exact) mass is 292 g/mol. The highest BCUT2D eigenvalue weighted by atomic mass is 32.1. The van der Waals surface area contributed by atoms with Gasteiger partial charge < -0.3 is 15.5 Å². The number of nitrogens with one attached hydrogen (secondary N) is 2. The Morgan fingerprint density at radius 3 is 3.20 bits per heavy atom. The lowest BCUT2D eigenvalue weighted by Gasteiger charge is -2.30. The summed E-state index contributed by atoms with van der Waals surface area (Å²) in [6.07, 6.45) is 7.37. The number of pyridine rings is 1. The van der Waals surface area contributed by atoms with Gasteiger partial charge in [0.1, 0.15) is 0 Å². The maximum absolute atomic E-state index is 5.26. The average molecular weight is 292 g/mol. The van der Waals surface area contributed by atoms with E-state index >= 15 is 0 Å². The molecular weight excluding hydrogens is 268 g/mol. The molecule has 1 aromatic rings. The zero-order valence-corrected chi connectivity index (χ0v) is 13.0. The van der Waals surface area contributed by atoms with E-state index in [1.54, 1.807) is 12.4 Å². The fraction of sp³-hybridized carbons (Fsp3) is 0.600. The second kappa shape index (κ2) is 8.17. The van der Waals surface area contributed by atoms with E-state index in [4.69, 9.17) is 12.2 Å². The fourth-order valence-corrected chi connectivity index (χ4v) is 2.83. The minimum atomic E-state index is 0.671. The zero-order chi connectivity index (χ0) is 14.2. The predicted octanol–water partition coefficient (Wildman–Crippen LogP) is 2.49. The molecule has 2 rings (SSSR count). The summed E-state index contributed by atoms with van der Waals surface area (Å²) in [5, 5.41) is 7.05. The van der Waals surface area contributed by atoms with E-state index < -0.39 is 0 Å². The van der Waals surface area contributed by atoms with E-state index in [1.807, 2.05) is 12.1 Å². The molecule has 1 saturated heterocycles. The maximum atomic E-state index is 5.26. The van der Waals surface area contributed by atoms with E-state index in [2.05, 4.69) is 27.4 Å². The van der Waals surface area contributed by atoms with E-state index in [0.29, 0.717) is 5.11 Å². The Morgan fingerprint density at radius 1 is 1.55 bits per heavy atom. The molecule has 1 aliphatic rings. The summed E-state index contributed by atoms with van der Waals surface area (Å²) in [4.78, 5) is 6.61. The molecule has 20 heavy (non-hydrogen) atoms. The van der Waals surface area contributed by atoms with Gasteiger partial charge in [0.05, 0.1) is 11.9 Å². The number of piperidine rings is 1. The van der Waals surface area contributed by atoms with Crippen molar-refractivity contribution < 1.29 is 0 Å². The lowest BCUT2D eigenvalue weighted by molar-refractivity contribution is 0.182. The Labute approximate surface area is 127 Å². The van der Waals surface area contributed by atoms with Crippen molar-refractivity contribution in [1.29, 1.82) is 0 Å². The lowest BCUT2D eigenvalue weighted by Crippen LogP contribution is -2.37. The van der Waals surface area contributed by atoms with Gasteiger partial charge in [-0.2, -0.15) is 0 Å². The van der Waals surface area contributed by atoms with Crippen molar-refractivity contribution >= 4 is 23.0 Å². The maximum Gasteiger partial charge on any atom is 0.170 e. The number of nitrogens with zero attached hydrogens (tertiary/aromatic N) is 2. The largest absolute Gasteiger partial charge is 0.362 e. The molecule has 110 valence electrons. The van der Waals surface area contributed by atoms with Gasteiger partial charge in [0, 0.05) is 19.3 Å². The van der Waals surface area contributed by atoms with Gasteiger partial charge in [-0.3, -0.25) is 4.98 Å². The molecule has 0 spiro atoms. The molecule has 5 heteroatoms.